The maximum Gasteiger partial charge on any atom is 0.344 e. The summed E-state index contributed by atoms with van der Waals surface area (Å²) < 4.78 is 20.7. The molecule has 0 heterocycles. The largest absolute Gasteiger partial charge is 0.493 e. The summed E-state index contributed by atoms with van der Waals surface area (Å²) in [5, 5.41) is 2.62. The molecule has 0 aliphatic heterocycles. The second-order valence-corrected chi connectivity index (χ2v) is 5.84. The lowest BCUT2D eigenvalue weighted by Crippen LogP contribution is -2.23. The quantitative estimate of drug-likeness (QED) is 0.717. The number of methoxy groups -OCH3 is 2. The molecule has 2 aromatic carbocycles. The van der Waals surface area contributed by atoms with Gasteiger partial charge in [-0.05, 0) is 43.2 Å². The monoisotopic (exact) mass is 373 g/mol. The first kappa shape index (κ1) is 20.1. The summed E-state index contributed by atoms with van der Waals surface area (Å²) in [5.74, 6) is 0.544. The minimum atomic E-state index is -0.627. The van der Waals surface area contributed by atoms with Crippen LogP contribution < -0.4 is 19.5 Å². The van der Waals surface area contributed by atoms with E-state index >= 15 is 0 Å². The molecule has 7 nitrogen and oxygen atoms in total. The summed E-state index contributed by atoms with van der Waals surface area (Å²) in [6, 6.07) is 10.6. The second-order valence-electron chi connectivity index (χ2n) is 5.84. The van der Waals surface area contributed by atoms with Gasteiger partial charge in [0.2, 0.25) is 0 Å². The Bertz CT molecular complexity index is 818. The van der Waals surface area contributed by atoms with Gasteiger partial charge in [0.1, 0.15) is 5.75 Å². The highest BCUT2D eigenvalue weighted by Gasteiger charge is 2.11. The van der Waals surface area contributed by atoms with Crippen LogP contribution >= 0.6 is 0 Å². The molecule has 0 saturated carbocycles. The van der Waals surface area contributed by atoms with Crippen molar-refractivity contribution < 1.29 is 28.5 Å². The van der Waals surface area contributed by atoms with Crippen molar-refractivity contribution in [2.45, 2.75) is 13.8 Å². The molecule has 0 atom stereocenters. The maximum atomic E-state index is 11.9. The minimum absolute atomic E-state index is 0.270. The molecule has 2 rings (SSSR count). The number of rotatable bonds is 8. The fourth-order valence-electron chi connectivity index (χ4n) is 2.30. The van der Waals surface area contributed by atoms with Crippen molar-refractivity contribution in [2.24, 2.45) is 0 Å². The van der Waals surface area contributed by atoms with Gasteiger partial charge in [-0.3, -0.25) is 4.79 Å². The first-order valence-corrected chi connectivity index (χ1v) is 8.30. The van der Waals surface area contributed by atoms with Crippen molar-refractivity contribution in [3.63, 3.8) is 0 Å². The molecule has 1 N–H and O–H groups in total. The van der Waals surface area contributed by atoms with Gasteiger partial charge in [0.15, 0.2) is 24.7 Å². The van der Waals surface area contributed by atoms with Crippen molar-refractivity contribution in [2.75, 3.05) is 32.8 Å². The minimum Gasteiger partial charge on any atom is -0.493 e. The van der Waals surface area contributed by atoms with E-state index in [1.807, 2.05) is 32.0 Å². The molecule has 0 radical (unpaired) electrons. The van der Waals surface area contributed by atoms with Gasteiger partial charge in [-0.15, -0.1) is 0 Å². The number of carbonyl (C=O) groups excluding carboxylic acids is 2. The number of benzene rings is 2. The van der Waals surface area contributed by atoms with Crippen molar-refractivity contribution >= 4 is 17.6 Å². The van der Waals surface area contributed by atoms with E-state index in [4.69, 9.17) is 18.9 Å². The van der Waals surface area contributed by atoms with E-state index in [2.05, 4.69) is 5.32 Å². The predicted molar refractivity (Wildman–Crippen MR) is 101 cm³/mol. The van der Waals surface area contributed by atoms with Gasteiger partial charge in [0.25, 0.3) is 5.91 Å². The normalized spacial score (nSPS) is 10.1. The average Bonchev–Trinajstić information content (AvgIpc) is 2.66. The van der Waals surface area contributed by atoms with Gasteiger partial charge in [-0.25, -0.2) is 4.79 Å². The third-order valence-electron chi connectivity index (χ3n) is 3.72. The Hall–Kier alpha value is -3.22. The zero-order valence-electron chi connectivity index (χ0n) is 15.8. The summed E-state index contributed by atoms with van der Waals surface area (Å²) in [4.78, 5) is 23.7. The van der Waals surface area contributed by atoms with Crippen LogP contribution in [-0.4, -0.2) is 39.3 Å². The van der Waals surface area contributed by atoms with Gasteiger partial charge in [0, 0.05) is 11.8 Å². The number of esters is 1. The van der Waals surface area contributed by atoms with Crippen LogP contribution in [0.1, 0.15) is 11.1 Å². The zero-order chi connectivity index (χ0) is 19.8. The molecule has 0 spiro atoms. The zero-order valence-corrected chi connectivity index (χ0v) is 15.8. The number of aryl methyl sites for hydroxylation is 2. The van der Waals surface area contributed by atoms with E-state index in [9.17, 15) is 9.59 Å². The van der Waals surface area contributed by atoms with E-state index in [-0.39, 0.29) is 6.61 Å². The molecule has 0 bridgehead atoms. The number of ether oxygens (including phenoxy) is 4. The van der Waals surface area contributed by atoms with E-state index < -0.39 is 18.5 Å². The Morgan fingerprint density at radius 1 is 0.889 bits per heavy atom. The topological polar surface area (TPSA) is 83.1 Å². The van der Waals surface area contributed by atoms with Crippen LogP contribution in [0.4, 0.5) is 5.69 Å². The number of hydrogen-bond acceptors (Lipinski definition) is 6. The summed E-state index contributed by atoms with van der Waals surface area (Å²) in [6.07, 6.45) is 0. The molecule has 0 aromatic heterocycles. The molecule has 0 aliphatic rings. The van der Waals surface area contributed by atoms with Crippen LogP contribution in [0.2, 0.25) is 0 Å². The summed E-state index contributed by atoms with van der Waals surface area (Å²) in [6.45, 7) is 3.14. The van der Waals surface area contributed by atoms with Gasteiger partial charge in [0.05, 0.1) is 14.2 Å². The first-order chi connectivity index (χ1) is 12.9. The smallest absolute Gasteiger partial charge is 0.344 e. The van der Waals surface area contributed by atoms with Gasteiger partial charge in [-0.2, -0.15) is 0 Å². The standard InChI is InChI=1S/C20H23NO6/c1-13-5-6-14(2)17(9-13)26-12-20(23)27-11-19(22)21-15-7-8-16(24-3)18(10-15)25-4/h5-10H,11-12H2,1-4H3,(H,21,22). The summed E-state index contributed by atoms with van der Waals surface area (Å²) in [7, 11) is 3.02. The molecular formula is C20H23NO6. The lowest BCUT2D eigenvalue weighted by Gasteiger charge is -2.11. The SMILES string of the molecule is COc1ccc(NC(=O)COC(=O)COc2cc(C)ccc2C)cc1OC. The second kappa shape index (κ2) is 9.47. The molecule has 0 fully saturated rings. The molecule has 2 aromatic rings. The molecule has 0 aliphatic carbocycles. The summed E-state index contributed by atoms with van der Waals surface area (Å²) >= 11 is 0. The average molecular weight is 373 g/mol. The highest BCUT2D eigenvalue weighted by atomic mass is 16.6. The van der Waals surface area contributed by atoms with E-state index in [0.717, 1.165) is 11.1 Å². The Labute approximate surface area is 158 Å². The number of amides is 1. The number of anilines is 1. The Morgan fingerprint density at radius 2 is 1.63 bits per heavy atom. The maximum absolute atomic E-state index is 11.9. The van der Waals surface area contributed by atoms with E-state index in [1.165, 1.54) is 14.2 Å². The lowest BCUT2D eigenvalue weighted by atomic mass is 10.1. The van der Waals surface area contributed by atoms with Gasteiger partial charge >= 0.3 is 5.97 Å². The molecule has 144 valence electrons. The van der Waals surface area contributed by atoms with Crippen LogP contribution in [0.15, 0.2) is 36.4 Å². The molecule has 27 heavy (non-hydrogen) atoms. The van der Waals surface area contributed by atoms with Crippen LogP contribution in [-0.2, 0) is 14.3 Å². The van der Waals surface area contributed by atoms with Crippen molar-refractivity contribution in [1.82, 2.24) is 0 Å². The Morgan fingerprint density at radius 3 is 2.33 bits per heavy atom. The fraction of sp³-hybridized carbons (Fsp3) is 0.300. The molecule has 1 amide bonds. The molecular weight excluding hydrogens is 350 g/mol. The van der Waals surface area contributed by atoms with Crippen molar-refractivity contribution in [3.05, 3.63) is 47.5 Å². The van der Waals surface area contributed by atoms with E-state index in [0.29, 0.717) is 22.9 Å². The van der Waals surface area contributed by atoms with Gasteiger partial charge in [-0.1, -0.05) is 12.1 Å². The van der Waals surface area contributed by atoms with E-state index in [1.54, 1.807) is 18.2 Å². The Balaban J connectivity index is 1.81. The Kier molecular flexibility index (Phi) is 7.05. The highest BCUT2D eigenvalue weighted by Crippen LogP contribution is 2.29. The predicted octanol–water partition coefficient (Wildman–Crippen LogP) is 2.88. The summed E-state index contributed by atoms with van der Waals surface area (Å²) in [5.41, 5.74) is 2.44. The number of nitrogens with one attached hydrogen (secondary N) is 1. The van der Waals surface area contributed by atoms with Crippen LogP contribution in [0.5, 0.6) is 17.2 Å². The third-order valence-corrected chi connectivity index (χ3v) is 3.72. The van der Waals surface area contributed by atoms with Crippen molar-refractivity contribution in [1.29, 1.82) is 0 Å². The van der Waals surface area contributed by atoms with Crippen LogP contribution in [0.3, 0.4) is 0 Å². The molecule has 0 saturated heterocycles. The first-order valence-electron chi connectivity index (χ1n) is 8.30. The number of hydrogen-bond donors (Lipinski definition) is 1. The molecule has 7 heteroatoms. The highest BCUT2D eigenvalue weighted by molar-refractivity contribution is 5.93. The fourth-order valence-corrected chi connectivity index (χ4v) is 2.30. The number of carbonyl (C=O) groups is 2. The van der Waals surface area contributed by atoms with Crippen molar-refractivity contribution in [3.8, 4) is 17.2 Å². The third kappa shape index (κ3) is 5.91. The van der Waals surface area contributed by atoms with Crippen LogP contribution in [0, 0.1) is 13.8 Å². The lowest BCUT2D eigenvalue weighted by molar-refractivity contribution is -0.149. The van der Waals surface area contributed by atoms with Gasteiger partial charge < -0.3 is 24.3 Å². The molecule has 0 unspecified atom stereocenters. The van der Waals surface area contributed by atoms with Crippen LogP contribution in [0.25, 0.3) is 0 Å².